The van der Waals surface area contributed by atoms with Crippen LogP contribution in [0, 0.1) is 0 Å². The lowest BCUT2D eigenvalue weighted by Crippen LogP contribution is -2.44. The fourth-order valence-electron chi connectivity index (χ4n) is 1.77. The fraction of sp³-hybridized carbons (Fsp3) is 1.00. The monoisotopic (exact) mass is 198 g/mol. The molecule has 0 radical (unpaired) electrons. The largest absolute Gasteiger partial charge is 0.460 e. The van der Waals surface area contributed by atoms with Crippen molar-refractivity contribution in [2.24, 2.45) is 0 Å². The van der Waals surface area contributed by atoms with Gasteiger partial charge in [-0.1, -0.05) is 27.2 Å². The Morgan fingerprint density at radius 1 is 1.14 bits per heavy atom. The highest BCUT2D eigenvalue weighted by molar-refractivity contribution is 6.47. The van der Waals surface area contributed by atoms with Crippen LogP contribution in [0.25, 0.3) is 0 Å². The van der Waals surface area contributed by atoms with E-state index in [1.54, 1.807) is 0 Å². The van der Waals surface area contributed by atoms with E-state index in [2.05, 4.69) is 41.5 Å². The first-order valence-corrected chi connectivity index (χ1v) is 5.72. The van der Waals surface area contributed by atoms with Crippen LogP contribution in [0.2, 0.25) is 5.82 Å². The summed E-state index contributed by atoms with van der Waals surface area (Å²) in [4.78, 5) is 0. The van der Waals surface area contributed by atoms with E-state index in [1.165, 1.54) is 0 Å². The van der Waals surface area contributed by atoms with Gasteiger partial charge in [0.2, 0.25) is 0 Å². The van der Waals surface area contributed by atoms with Crippen LogP contribution in [0.4, 0.5) is 0 Å². The van der Waals surface area contributed by atoms with E-state index in [9.17, 15) is 0 Å². The Labute approximate surface area is 88.5 Å². The maximum Gasteiger partial charge on any atom is 0.460 e. The van der Waals surface area contributed by atoms with Crippen molar-refractivity contribution in [2.75, 3.05) is 0 Å². The Kier molecular flexibility index (Phi) is 3.32. The molecule has 0 aromatic carbocycles. The highest BCUT2D eigenvalue weighted by Crippen LogP contribution is 2.42. The van der Waals surface area contributed by atoms with Gasteiger partial charge < -0.3 is 9.31 Å². The molecule has 0 aromatic rings. The average Bonchev–Trinajstić information content (AvgIpc) is 2.37. The van der Waals surface area contributed by atoms with E-state index in [4.69, 9.17) is 9.31 Å². The van der Waals surface area contributed by atoms with E-state index < -0.39 is 0 Å². The van der Waals surface area contributed by atoms with Gasteiger partial charge in [-0.2, -0.15) is 0 Å². The Balaban J connectivity index is 2.76. The minimum absolute atomic E-state index is 0.0278. The fourth-order valence-corrected chi connectivity index (χ4v) is 1.77. The number of rotatable bonds is 3. The zero-order chi connectivity index (χ0) is 11.0. The molecule has 2 atom stereocenters. The first-order valence-electron chi connectivity index (χ1n) is 5.72. The van der Waals surface area contributed by atoms with Crippen LogP contribution >= 0.6 is 0 Å². The summed E-state index contributed by atoms with van der Waals surface area (Å²) in [6.07, 6.45) is 2.09. The van der Waals surface area contributed by atoms with Crippen LogP contribution in [0.5, 0.6) is 0 Å². The van der Waals surface area contributed by atoms with Gasteiger partial charge in [0.25, 0.3) is 0 Å². The molecule has 14 heavy (non-hydrogen) atoms. The molecule has 3 heteroatoms. The molecule has 0 bridgehead atoms. The molecule has 0 aliphatic carbocycles. The molecule has 0 N–H and O–H groups in total. The molecular weight excluding hydrogens is 175 g/mol. The molecule has 1 rings (SSSR count). The Bertz CT molecular complexity index is 205. The van der Waals surface area contributed by atoms with Crippen molar-refractivity contribution in [1.82, 2.24) is 0 Å². The molecular formula is C11H23BO2. The molecule has 0 amide bonds. The smallest absolute Gasteiger partial charge is 0.403 e. The van der Waals surface area contributed by atoms with Crippen LogP contribution in [0.15, 0.2) is 0 Å². The molecule has 1 fully saturated rings. The molecule has 0 saturated carbocycles. The van der Waals surface area contributed by atoms with Crippen molar-refractivity contribution in [3.05, 3.63) is 0 Å². The van der Waals surface area contributed by atoms with E-state index in [1.807, 2.05) is 0 Å². The van der Waals surface area contributed by atoms with Gasteiger partial charge in [-0.05, 0) is 33.0 Å². The molecule has 1 aliphatic rings. The molecule has 1 heterocycles. The van der Waals surface area contributed by atoms with Crippen molar-refractivity contribution >= 4 is 7.12 Å². The minimum Gasteiger partial charge on any atom is -0.403 e. The lowest BCUT2D eigenvalue weighted by Gasteiger charge is -2.35. The predicted octanol–water partition coefficient (Wildman–Crippen LogP) is 3.27. The average molecular weight is 198 g/mol. The maximum absolute atomic E-state index is 6.04. The van der Waals surface area contributed by atoms with Crippen LogP contribution in [0.3, 0.4) is 0 Å². The SMILES string of the molecule is CCC(C)B1OC(C)(C)C(C)(CC)O1. The second-order valence-corrected chi connectivity index (χ2v) is 5.08. The second kappa shape index (κ2) is 3.86. The Hall–Kier alpha value is -0.0151. The van der Waals surface area contributed by atoms with Crippen LogP contribution in [-0.2, 0) is 9.31 Å². The Morgan fingerprint density at radius 3 is 2.07 bits per heavy atom. The van der Waals surface area contributed by atoms with Gasteiger partial charge in [-0.15, -0.1) is 0 Å². The molecule has 1 aliphatic heterocycles. The van der Waals surface area contributed by atoms with Gasteiger partial charge in [0.1, 0.15) is 0 Å². The molecule has 0 spiro atoms. The Morgan fingerprint density at radius 2 is 1.71 bits per heavy atom. The first-order chi connectivity index (χ1) is 6.36. The summed E-state index contributed by atoms with van der Waals surface area (Å²) in [5.41, 5.74) is -0.309. The van der Waals surface area contributed by atoms with E-state index in [-0.39, 0.29) is 18.3 Å². The summed E-state index contributed by atoms with van der Waals surface area (Å²) < 4.78 is 12.0. The minimum atomic E-state index is -0.171. The summed E-state index contributed by atoms with van der Waals surface area (Å²) in [6, 6.07) is 0. The maximum atomic E-state index is 6.04. The summed E-state index contributed by atoms with van der Waals surface area (Å²) in [5.74, 6) is 0.475. The third-order valence-electron chi connectivity index (χ3n) is 3.84. The van der Waals surface area contributed by atoms with Crippen LogP contribution < -0.4 is 0 Å². The topological polar surface area (TPSA) is 18.5 Å². The second-order valence-electron chi connectivity index (χ2n) is 5.08. The van der Waals surface area contributed by atoms with E-state index >= 15 is 0 Å². The van der Waals surface area contributed by atoms with Crippen molar-refractivity contribution < 1.29 is 9.31 Å². The van der Waals surface area contributed by atoms with Crippen LogP contribution in [0.1, 0.15) is 54.4 Å². The summed E-state index contributed by atoms with van der Waals surface area (Å²) in [7, 11) is -0.0278. The molecule has 1 saturated heterocycles. The van der Waals surface area contributed by atoms with Crippen molar-refractivity contribution in [2.45, 2.75) is 71.4 Å². The van der Waals surface area contributed by atoms with Crippen molar-refractivity contribution in [1.29, 1.82) is 0 Å². The summed E-state index contributed by atoms with van der Waals surface area (Å²) in [5, 5.41) is 0. The van der Waals surface area contributed by atoms with Gasteiger partial charge >= 0.3 is 7.12 Å². The van der Waals surface area contributed by atoms with Gasteiger partial charge in [-0.25, -0.2) is 0 Å². The predicted molar refractivity (Wildman–Crippen MR) is 60.4 cm³/mol. The van der Waals surface area contributed by atoms with Crippen molar-refractivity contribution in [3.63, 3.8) is 0 Å². The van der Waals surface area contributed by atoms with Gasteiger partial charge in [0, 0.05) is 0 Å². The lowest BCUT2D eigenvalue weighted by molar-refractivity contribution is -0.0119. The van der Waals surface area contributed by atoms with Gasteiger partial charge in [-0.3, -0.25) is 0 Å². The standard InChI is InChI=1S/C11H23BO2/c1-7-9(3)12-13-10(4,5)11(6,8-2)14-12/h9H,7-8H2,1-6H3. The molecule has 2 unspecified atom stereocenters. The zero-order valence-electron chi connectivity index (χ0n) is 10.4. The van der Waals surface area contributed by atoms with Crippen molar-refractivity contribution in [3.8, 4) is 0 Å². The third-order valence-corrected chi connectivity index (χ3v) is 3.84. The number of hydrogen-bond acceptors (Lipinski definition) is 2. The highest BCUT2D eigenvalue weighted by Gasteiger charge is 2.53. The first kappa shape index (κ1) is 12.1. The lowest BCUT2D eigenvalue weighted by atomic mass is 9.72. The third kappa shape index (κ3) is 1.85. The molecule has 0 aromatic heterocycles. The van der Waals surface area contributed by atoms with Crippen LogP contribution in [-0.4, -0.2) is 18.3 Å². The van der Waals surface area contributed by atoms with Gasteiger partial charge in [0.15, 0.2) is 0 Å². The van der Waals surface area contributed by atoms with E-state index in [0.29, 0.717) is 5.82 Å². The molecule has 2 nitrogen and oxygen atoms in total. The molecule has 82 valence electrons. The normalized spacial score (nSPS) is 33.4. The zero-order valence-corrected chi connectivity index (χ0v) is 10.4. The number of hydrogen-bond donors (Lipinski definition) is 0. The van der Waals surface area contributed by atoms with Gasteiger partial charge in [0.05, 0.1) is 11.2 Å². The summed E-state index contributed by atoms with van der Waals surface area (Å²) >= 11 is 0. The summed E-state index contributed by atoms with van der Waals surface area (Å²) in [6.45, 7) is 12.9. The quantitative estimate of drug-likeness (QED) is 0.648. The highest BCUT2D eigenvalue weighted by atomic mass is 16.7. The van der Waals surface area contributed by atoms with E-state index in [0.717, 1.165) is 12.8 Å².